The minimum atomic E-state index is 0.213. The molecule has 0 aromatic heterocycles. The van der Waals surface area contributed by atoms with Gasteiger partial charge in [0.2, 0.25) is 0 Å². The standard InChI is InChI=1S/C15H23NO/c1-11(2)7-13(10-16)9-15(17)14-6-4-5-12(3)8-14/h4-6,8,11,13H,7,9-10,16H2,1-3H3. The fraction of sp³-hybridized carbons (Fsp3) is 0.533. The van der Waals surface area contributed by atoms with Gasteiger partial charge in [-0.1, -0.05) is 37.6 Å². The first-order valence-corrected chi connectivity index (χ1v) is 6.32. The lowest BCUT2D eigenvalue weighted by molar-refractivity contribution is 0.0957. The lowest BCUT2D eigenvalue weighted by Crippen LogP contribution is -2.20. The number of carbonyl (C=O) groups is 1. The van der Waals surface area contributed by atoms with E-state index >= 15 is 0 Å². The summed E-state index contributed by atoms with van der Waals surface area (Å²) in [5.41, 5.74) is 7.67. The Labute approximate surface area is 104 Å². The molecule has 1 atom stereocenters. The average Bonchev–Trinajstić information content (AvgIpc) is 2.27. The Balaban J connectivity index is 2.64. The molecule has 0 saturated carbocycles. The number of Topliss-reactive ketones (excluding diaryl/α,β-unsaturated/α-hetero) is 1. The lowest BCUT2D eigenvalue weighted by atomic mass is 9.90. The third-order valence-corrected chi connectivity index (χ3v) is 2.95. The van der Waals surface area contributed by atoms with E-state index in [1.807, 2.05) is 31.2 Å². The Kier molecular flexibility index (Phi) is 5.36. The number of aryl methyl sites for hydroxylation is 1. The molecular formula is C15H23NO. The molecule has 2 heteroatoms. The number of nitrogens with two attached hydrogens (primary N) is 1. The van der Waals surface area contributed by atoms with Gasteiger partial charge in [0.15, 0.2) is 5.78 Å². The predicted octanol–water partition coefficient (Wildman–Crippen LogP) is 3.19. The topological polar surface area (TPSA) is 43.1 Å². The van der Waals surface area contributed by atoms with E-state index in [1.165, 1.54) is 0 Å². The van der Waals surface area contributed by atoms with Crippen molar-refractivity contribution < 1.29 is 4.79 Å². The second-order valence-electron chi connectivity index (χ2n) is 5.23. The highest BCUT2D eigenvalue weighted by Crippen LogP contribution is 2.17. The van der Waals surface area contributed by atoms with Crippen molar-refractivity contribution in [2.45, 2.75) is 33.6 Å². The molecule has 1 aromatic carbocycles. The summed E-state index contributed by atoms with van der Waals surface area (Å²) in [6.07, 6.45) is 1.59. The highest BCUT2D eigenvalue weighted by Gasteiger charge is 2.15. The minimum Gasteiger partial charge on any atom is -0.330 e. The summed E-state index contributed by atoms with van der Waals surface area (Å²) in [7, 11) is 0. The summed E-state index contributed by atoms with van der Waals surface area (Å²) in [5.74, 6) is 1.11. The average molecular weight is 233 g/mol. The summed E-state index contributed by atoms with van der Waals surface area (Å²) in [6, 6.07) is 7.78. The first kappa shape index (κ1) is 13.9. The van der Waals surface area contributed by atoms with Gasteiger partial charge in [0, 0.05) is 12.0 Å². The number of benzene rings is 1. The fourth-order valence-corrected chi connectivity index (χ4v) is 2.13. The van der Waals surface area contributed by atoms with Gasteiger partial charge >= 0.3 is 0 Å². The van der Waals surface area contributed by atoms with E-state index < -0.39 is 0 Å². The molecular weight excluding hydrogens is 210 g/mol. The van der Waals surface area contributed by atoms with Gasteiger partial charge < -0.3 is 5.73 Å². The van der Waals surface area contributed by atoms with Gasteiger partial charge in [0.25, 0.3) is 0 Å². The summed E-state index contributed by atoms with van der Waals surface area (Å²) < 4.78 is 0. The first-order valence-electron chi connectivity index (χ1n) is 6.32. The van der Waals surface area contributed by atoms with Crippen molar-refractivity contribution >= 4 is 5.78 Å². The van der Waals surface area contributed by atoms with Gasteiger partial charge in [-0.15, -0.1) is 0 Å². The SMILES string of the molecule is Cc1cccc(C(=O)CC(CN)CC(C)C)c1. The van der Waals surface area contributed by atoms with E-state index in [9.17, 15) is 4.79 Å². The van der Waals surface area contributed by atoms with E-state index in [-0.39, 0.29) is 5.78 Å². The van der Waals surface area contributed by atoms with E-state index in [0.717, 1.165) is 17.5 Å². The van der Waals surface area contributed by atoms with E-state index in [2.05, 4.69) is 13.8 Å². The van der Waals surface area contributed by atoms with Crippen molar-refractivity contribution in [3.8, 4) is 0 Å². The van der Waals surface area contributed by atoms with Crippen LogP contribution in [0.15, 0.2) is 24.3 Å². The molecule has 1 rings (SSSR count). The molecule has 0 heterocycles. The van der Waals surface area contributed by atoms with E-state index in [4.69, 9.17) is 5.73 Å². The molecule has 2 nitrogen and oxygen atoms in total. The molecule has 0 aliphatic rings. The van der Waals surface area contributed by atoms with Crippen LogP contribution in [0, 0.1) is 18.8 Å². The normalized spacial score (nSPS) is 12.8. The van der Waals surface area contributed by atoms with Crippen molar-refractivity contribution in [3.63, 3.8) is 0 Å². The van der Waals surface area contributed by atoms with E-state index in [1.54, 1.807) is 0 Å². The maximum atomic E-state index is 12.1. The Bertz CT molecular complexity index is 371. The van der Waals surface area contributed by atoms with Crippen LogP contribution in [0.3, 0.4) is 0 Å². The fourth-order valence-electron chi connectivity index (χ4n) is 2.13. The molecule has 0 spiro atoms. The summed E-state index contributed by atoms with van der Waals surface area (Å²) >= 11 is 0. The molecule has 0 radical (unpaired) electrons. The second-order valence-corrected chi connectivity index (χ2v) is 5.23. The molecule has 17 heavy (non-hydrogen) atoms. The molecule has 94 valence electrons. The van der Waals surface area contributed by atoms with Crippen LogP contribution >= 0.6 is 0 Å². The molecule has 0 amide bonds. The van der Waals surface area contributed by atoms with Crippen LogP contribution in [0.4, 0.5) is 0 Å². The number of carbonyl (C=O) groups excluding carboxylic acids is 1. The Morgan fingerprint density at radius 1 is 1.35 bits per heavy atom. The zero-order valence-corrected chi connectivity index (χ0v) is 11.1. The van der Waals surface area contributed by atoms with Crippen molar-refractivity contribution in [2.75, 3.05) is 6.54 Å². The van der Waals surface area contributed by atoms with Gasteiger partial charge in [0.05, 0.1) is 0 Å². The zero-order valence-electron chi connectivity index (χ0n) is 11.1. The highest BCUT2D eigenvalue weighted by molar-refractivity contribution is 5.96. The van der Waals surface area contributed by atoms with Crippen LogP contribution in [-0.4, -0.2) is 12.3 Å². The molecule has 1 unspecified atom stereocenters. The lowest BCUT2D eigenvalue weighted by Gasteiger charge is -2.16. The first-order chi connectivity index (χ1) is 8.02. The maximum absolute atomic E-state index is 12.1. The summed E-state index contributed by atoms with van der Waals surface area (Å²) in [6.45, 7) is 6.93. The molecule has 0 aliphatic heterocycles. The number of rotatable bonds is 6. The molecule has 0 bridgehead atoms. The second kappa shape index (κ2) is 6.55. The Hall–Kier alpha value is -1.15. The van der Waals surface area contributed by atoms with Gasteiger partial charge in [-0.3, -0.25) is 4.79 Å². The van der Waals surface area contributed by atoms with Crippen LogP contribution in [0.25, 0.3) is 0 Å². The van der Waals surface area contributed by atoms with Crippen molar-refractivity contribution in [1.29, 1.82) is 0 Å². The molecule has 0 saturated heterocycles. The Morgan fingerprint density at radius 3 is 2.59 bits per heavy atom. The van der Waals surface area contributed by atoms with Crippen molar-refractivity contribution in [3.05, 3.63) is 35.4 Å². The highest BCUT2D eigenvalue weighted by atomic mass is 16.1. The monoisotopic (exact) mass is 233 g/mol. The van der Waals surface area contributed by atoms with Crippen LogP contribution in [0.5, 0.6) is 0 Å². The summed E-state index contributed by atoms with van der Waals surface area (Å²) in [5, 5.41) is 0. The smallest absolute Gasteiger partial charge is 0.163 e. The van der Waals surface area contributed by atoms with E-state index in [0.29, 0.717) is 24.8 Å². The van der Waals surface area contributed by atoms with Crippen molar-refractivity contribution in [1.82, 2.24) is 0 Å². The summed E-state index contributed by atoms with van der Waals surface area (Å²) in [4.78, 5) is 12.1. The Morgan fingerprint density at radius 2 is 2.06 bits per heavy atom. The number of hydrogen-bond acceptors (Lipinski definition) is 2. The molecule has 1 aromatic rings. The van der Waals surface area contributed by atoms with Gasteiger partial charge in [-0.25, -0.2) is 0 Å². The van der Waals surface area contributed by atoms with Crippen LogP contribution in [0.2, 0.25) is 0 Å². The molecule has 0 fully saturated rings. The third kappa shape index (κ3) is 4.70. The van der Waals surface area contributed by atoms with Gasteiger partial charge in [0.1, 0.15) is 0 Å². The number of hydrogen-bond donors (Lipinski definition) is 1. The van der Waals surface area contributed by atoms with Gasteiger partial charge in [-0.2, -0.15) is 0 Å². The predicted molar refractivity (Wildman–Crippen MR) is 72.1 cm³/mol. The van der Waals surface area contributed by atoms with Crippen molar-refractivity contribution in [2.24, 2.45) is 17.6 Å². The molecule has 0 aliphatic carbocycles. The largest absolute Gasteiger partial charge is 0.330 e. The number of ketones is 1. The quantitative estimate of drug-likeness (QED) is 0.767. The minimum absolute atomic E-state index is 0.213. The van der Waals surface area contributed by atoms with Crippen LogP contribution in [0.1, 0.15) is 42.6 Å². The van der Waals surface area contributed by atoms with Crippen LogP contribution < -0.4 is 5.73 Å². The third-order valence-electron chi connectivity index (χ3n) is 2.95. The zero-order chi connectivity index (χ0) is 12.8. The van der Waals surface area contributed by atoms with Crippen LogP contribution in [-0.2, 0) is 0 Å². The van der Waals surface area contributed by atoms with Gasteiger partial charge in [-0.05, 0) is 37.8 Å². The molecule has 2 N–H and O–H groups in total. The maximum Gasteiger partial charge on any atom is 0.163 e.